The summed E-state index contributed by atoms with van der Waals surface area (Å²) in [4.78, 5) is 23.4. The van der Waals surface area contributed by atoms with Crippen LogP contribution in [0.4, 0.5) is 0 Å². The van der Waals surface area contributed by atoms with E-state index in [0.29, 0.717) is 5.56 Å². The third kappa shape index (κ3) is 1.88. The quantitative estimate of drug-likeness (QED) is 0.309. The van der Waals surface area contributed by atoms with Crippen molar-refractivity contribution in [2.75, 3.05) is 0 Å². The molecule has 0 saturated heterocycles. The van der Waals surface area contributed by atoms with Crippen LogP contribution in [0, 0.1) is 0 Å². The maximum atomic E-state index is 12.2. The van der Waals surface area contributed by atoms with Gasteiger partial charge in [0.1, 0.15) is 5.78 Å². The van der Waals surface area contributed by atoms with Crippen molar-refractivity contribution >= 4 is 43.9 Å². The molecule has 2 heteroatoms. The molecule has 0 aromatic heterocycles. The highest BCUT2D eigenvalue weighted by Gasteiger charge is 2.13. The first-order valence-corrected chi connectivity index (χ1v) is 7.34. The molecule has 0 amide bonds. The Balaban J connectivity index is 2.05. The molecule has 0 aliphatic rings. The van der Waals surface area contributed by atoms with Gasteiger partial charge in [0.05, 0.1) is 6.42 Å². The van der Waals surface area contributed by atoms with E-state index in [0.717, 1.165) is 10.8 Å². The molecule has 0 heterocycles. The van der Waals surface area contributed by atoms with E-state index in [4.69, 9.17) is 0 Å². The third-order valence-electron chi connectivity index (χ3n) is 4.19. The van der Waals surface area contributed by atoms with Crippen molar-refractivity contribution in [1.29, 1.82) is 0 Å². The van der Waals surface area contributed by atoms with Crippen LogP contribution in [0.3, 0.4) is 0 Å². The van der Waals surface area contributed by atoms with E-state index in [2.05, 4.69) is 42.5 Å². The summed E-state index contributed by atoms with van der Waals surface area (Å²) in [7, 11) is 0. The molecule has 0 bridgehead atoms. The molecule has 0 radical (unpaired) electrons. The standard InChI is InChI=1S/C20H14O2/c1-12(21)9-18(22)17-10-15-7-5-13-3-2-4-14-6-8-16(11-17)20(15)19(13)14/h2-8,10-11H,9H2,1H3. The largest absolute Gasteiger partial charge is 0.300 e. The molecule has 4 rings (SSSR count). The summed E-state index contributed by atoms with van der Waals surface area (Å²) < 4.78 is 0. The fourth-order valence-corrected chi connectivity index (χ4v) is 3.24. The van der Waals surface area contributed by atoms with Crippen molar-refractivity contribution in [3.8, 4) is 0 Å². The number of carbonyl (C=O) groups is 2. The summed E-state index contributed by atoms with van der Waals surface area (Å²) in [6.07, 6.45) is -0.0342. The second-order valence-electron chi connectivity index (χ2n) is 5.81. The predicted octanol–water partition coefficient (Wildman–Crippen LogP) is 4.75. The lowest BCUT2D eigenvalue weighted by Gasteiger charge is -2.12. The molecule has 22 heavy (non-hydrogen) atoms. The van der Waals surface area contributed by atoms with Gasteiger partial charge in [-0.3, -0.25) is 9.59 Å². The average Bonchev–Trinajstić information content (AvgIpc) is 2.51. The summed E-state index contributed by atoms with van der Waals surface area (Å²) in [5.74, 6) is -0.215. The van der Waals surface area contributed by atoms with E-state index in [9.17, 15) is 9.59 Å². The summed E-state index contributed by atoms with van der Waals surface area (Å²) in [6.45, 7) is 1.45. The monoisotopic (exact) mass is 286 g/mol. The van der Waals surface area contributed by atoms with Crippen LogP contribution in [0.25, 0.3) is 32.3 Å². The zero-order valence-electron chi connectivity index (χ0n) is 12.2. The van der Waals surface area contributed by atoms with Crippen LogP contribution in [-0.4, -0.2) is 11.6 Å². The van der Waals surface area contributed by atoms with Crippen molar-refractivity contribution in [1.82, 2.24) is 0 Å². The Kier molecular flexibility index (Phi) is 2.73. The molecular formula is C20H14O2. The van der Waals surface area contributed by atoms with Crippen molar-refractivity contribution < 1.29 is 9.59 Å². The fraction of sp³-hybridized carbons (Fsp3) is 0.100. The zero-order chi connectivity index (χ0) is 15.3. The van der Waals surface area contributed by atoms with Crippen LogP contribution in [0.5, 0.6) is 0 Å². The maximum Gasteiger partial charge on any atom is 0.170 e. The first-order chi connectivity index (χ1) is 10.6. The molecule has 4 aromatic rings. The molecule has 0 spiro atoms. The van der Waals surface area contributed by atoms with Gasteiger partial charge in [-0.2, -0.15) is 0 Å². The predicted molar refractivity (Wildman–Crippen MR) is 89.8 cm³/mol. The third-order valence-corrected chi connectivity index (χ3v) is 4.19. The number of carbonyl (C=O) groups excluding carboxylic acids is 2. The van der Waals surface area contributed by atoms with Gasteiger partial charge in [-0.15, -0.1) is 0 Å². The van der Waals surface area contributed by atoms with Crippen molar-refractivity contribution in [2.24, 2.45) is 0 Å². The Morgan fingerprint density at radius 1 is 0.773 bits per heavy atom. The van der Waals surface area contributed by atoms with Gasteiger partial charge < -0.3 is 0 Å². The Hall–Kier alpha value is -2.74. The van der Waals surface area contributed by atoms with E-state index in [1.807, 2.05) is 12.1 Å². The van der Waals surface area contributed by atoms with E-state index < -0.39 is 0 Å². The van der Waals surface area contributed by atoms with Gasteiger partial charge in [-0.25, -0.2) is 0 Å². The van der Waals surface area contributed by atoms with Crippen LogP contribution in [0.2, 0.25) is 0 Å². The molecule has 0 saturated carbocycles. The molecule has 0 fully saturated rings. The summed E-state index contributed by atoms with van der Waals surface area (Å²) in [6, 6.07) is 18.4. The number of hydrogen-bond donors (Lipinski definition) is 0. The van der Waals surface area contributed by atoms with Gasteiger partial charge in [-0.1, -0.05) is 42.5 Å². The van der Waals surface area contributed by atoms with E-state index in [1.54, 1.807) is 0 Å². The number of rotatable bonds is 3. The summed E-state index contributed by atoms with van der Waals surface area (Å²) in [5, 5.41) is 6.94. The van der Waals surface area contributed by atoms with Gasteiger partial charge in [-0.05, 0) is 51.4 Å². The molecule has 0 aliphatic heterocycles. The highest BCUT2D eigenvalue weighted by atomic mass is 16.1. The smallest absolute Gasteiger partial charge is 0.170 e. The topological polar surface area (TPSA) is 34.1 Å². The first-order valence-electron chi connectivity index (χ1n) is 7.34. The van der Waals surface area contributed by atoms with Crippen molar-refractivity contribution in [3.05, 3.63) is 60.2 Å². The minimum Gasteiger partial charge on any atom is -0.300 e. The minimum atomic E-state index is -0.113. The Bertz CT molecular complexity index is 980. The minimum absolute atomic E-state index is 0.0342. The number of Topliss-reactive ketones (excluding diaryl/α,β-unsaturated/α-hetero) is 2. The van der Waals surface area contributed by atoms with Gasteiger partial charge in [0.15, 0.2) is 5.78 Å². The second-order valence-corrected chi connectivity index (χ2v) is 5.81. The molecule has 4 aromatic carbocycles. The normalized spacial score (nSPS) is 11.5. The second kappa shape index (κ2) is 4.63. The molecular weight excluding hydrogens is 272 g/mol. The highest BCUT2D eigenvalue weighted by molar-refractivity contribution is 6.24. The number of hydrogen-bond acceptors (Lipinski definition) is 2. The Morgan fingerprint density at radius 3 is 1.82 bits per heavy atom. The molecule has 0 unspecified atom stereocenters. The average molecular weight is 286 g/mol. The Morgan fingerprint density at radius 2 is 1.27 bits per heavy atom. The van der Waals surface area contributed by atoms with Gasteiger partial charge in [0, 0.05) is 5.56 Å². The highest BCUT2D eigenvalue weighted by Crippen LogP contribution is 2.35. The van der Waals surface area contributed by atoms with E-state index >= 15 is 0 Å². The van der Waals surface area contributed by atoms with Crippen LogP contribution in [0.15, 0.2) is 54.6 Å². The lowest BCUT2D eigenvalue weighted by molar-refractivity contribution is -0.116. The molecule has 0 aliphatic carbocycles. The summed E-state index contributed by atoms with van der Waals surface area (Å²) >= 11 is 0. The van der Waals surface area contributed by atoms with Crippen LogP contribution < -0.4 is 0 Å². The molecule has 0 N–H and O–H groups in total. The van der Waals surface area contributed by atoms with Gasteiger partial charge in [0.2, 0.25) is 0 Å². The Labute approximate surface area is 127 Å². The van der Waals surface area contributed by atoms with Gasteiger partial charge in [0.25, 0.3) is 0 Å². The lowest BCUT2D eigenvalue weighted by Crippen LogP contribution is -2.05. The van der Waals surface area contributed by atoms with Crippen LogP contribution >= 0.6 is 0 Å². The number of ketones is 2. The van der Waals surface area contributed by atoms with Crippen LogP contribution in [0.1, 0.15) is 23.7 Å². The SMILES string of the molecule is CC(=O)CC(=O)c1cc2ccc3cccc4ccc(c1)c2c34. The lowest BCUT2D eigenvalue weighted by atomic mass is 9.92. The fourth-order valence-electron chi connectivity index (χ4n) is 3.24. The zero-order valence-corrected chi connectivity index (χ0v) is 12.2. The van der Waals surface area contributed by atoms with E-state index in [1.165, 1.54) is 28.5 Å². The van der Waals surface area contributed by atoms with Crippen molar-refractivity contribution in [2.45, 2.75) is 13.3 Å². The number of benzene rings is 4. The summed E-state index contributed by atoms with van der Waals surface area (Å²) in [5.41, 5.74) is 0.612. The molecule has 0 atom stereocenters. The van der Waals surface area contributed by atoms with Crippen LogP contribution in [-0.2, 0) is 4.79 Å². The molecule has 2 nitrogen and oxygen atoms in total. The first kappa shape index (κ1) is 13.0. The maximum absolute atomic E-state index is 12.2. The van der Waals surface area contributed by atoms with E-state index in [-0.39, 0.29) is 18.0 Å². The molecule has 106 valence electrons. The van der Waals surface area contributed by atoms with Gasteiger partial charge >= 0.3 is 0 Å². The van der Waals surface area contributed by atoms with Crippen molar-refractivity contribution in [3.63, 3.8) is 0 Å².